The Bertz CT molecular complexity index is 2090. The lowest BCUT2D eigenvalue weighted by Crippen LogP contribution is -2.70. The number of amides is 2. The van der Waals surface area contributed by atoms with Gasteiger partial charge in [-0.05, 0) is 99.0 Å². The summed E-state index contributed by atoms with van der Waals surface area (Å²) >= 11 is 7.83. The van der Waals surface area contributed by atoms with Gasteiger partial charge in [0.2, 0.25) is 0 Å². The molecule has 12 nitrogen and oxygen atoms in total. The van der Waals surface area contributed by atoms with Crippen molar-refractivity contribution in [2.24, 2.45) is 0 Å². The average Bonchev–Trinajstić information content (AvgIpc) is 3.49. The fourth-order valence-electron chi connectivity index (χ4n) is 7.44. The van der Waals surface area contributed by atoms with Crippen LogP contribution in [-0.4, -0.2) is 99.1 Å². The van der Waals surface area contributed by atoms with Crippen LogP contribution in [0, 0.1) is 11.6 Å². The van der Waals surface area contributed by atoms with E-state index in [0.29, 0.717) is 30.8 Å². The molecule has 3 unspecified atom stereocenters. The lowest BCUT2D eigenvalue weighted by atomic mass is 9.88. The highest BCUT2D eigenvalue weighted by atomic mass is 35.5. The highest BCUT2D eigenvalue weighted by Crippen LogP contribution is 2.44. The molecule has 6 heterocycles. The molecule has 0 saturated carbocycles. The molecule has 4 aromatic rings. The summed E-state index contributed by atoms with van der Waals surface area (Å²) in [5.41, 5.74) is -1.11. The van der Waals surface area contributed by atoms with E-state index in [1.165, 1.54) is 18.6 Å². The maximum atomic E-state index is 17.2. The van der Waals surface area contributed by atoms with Crippen LogP contribution in [0.5, 0.6) is 6.01 Å². The van der Waals surface area contributed by atoms with Crippen LogP contribution in [0.1, 0.15) is 74.1 Å². The first kappa shape index (κ1) is 38.2. The zero-order valence-corrected chi connectivity index (χ0v) is 33.2. The summed E-state index contributed by atoms with van der Waals surface area (Å²) in [7, 11) is 0. The number of aromatic nitrogens is 3. The predicted octanol–water partition coefficient (Wildman–Crippen LogP) is 8.64. The van der Waals surface area contributed by atoms with Gasteiger partial charge in [-0.2, -0.15) is 9.97 Å². The Kier molecular flexibility index (Phi) is 10.3. The van der Waals surface area contributed by atoms with Crippen LogP contribution in [0.3, 0.4) is 0 Å². The van der Waals surface area contributed by atoms with E-state index in [-0.39, 0.29) is 67.3 Å². The monoisotopic (exact) mass is 785 g/mol. The van der Waals surface area contributed by atoms with Gasteiger partial charge in [-0.3, -0.25) is 15.1 Å². The molecule has 2 bridgehead atoms. The van der Waals surface area contributed by atoms with E-state index >= 15 is 8.78 Å². The summed E-state index contributed by atoms with van der Waals surface area (Å²) in [6.45, 7) is 16.1. The topological polar surface area (TPSA) is 122 Å². The number of hydrogen-bond acceptors (Lipinski definition) is 11. The first-order chi connectivity index (χ1) is 25.4. The Morgan fingerprint density at radius 1 is 0.981 bits per heavy atom. The second-order valence-corrected chi connectivity index (χ2v) is 17.7. The number of likely N-dealkylation sites (tertiary alicyclic amines) is 1. The van der Waals surface area contributed by atoms with Gasteiger partial charge in [0, 0.05) is 36.1 Å². The molecule has 4 saturated heterocycles. The van der Waals surface area contributed by atoms with E-state index in [9.17, 15) is 9.59 Å². The maximum absolute atomic E-state index is 17.2. The molecule has 8 rings (SSSR count). The van der Waals surface area contributed by atoms with Gasteiger partial charge in [0.15, 0.2) is 10.9 Å². The Morgan fingerprint density at radius 3 is 2.33 bits per heavy atom. The Morgan fingerprint density at radius 2 is 1.67 bits per heavy atom. The molecule has 16 heteroatoms. The fourth-order valence-corrected chi connectivity index (χ4v) is 8.62. The fraction of sp³-hybridized carbons (Fsp3) is 0.553. The number of anilines is 2. The molecule has 4 aliphatic rings. The number of ether oxygens (including phenoxy) is 3. The van der Waals surface area contributed by atoms with Crippen molar-refractivity contribution in [2.45, 2.75) is 104 Å². The van der Waals surface area contributed by atoms with Gasteiger partial charge in [0.05, 0.1) is 27.3 Å². The first-order valence-electron chi connectivity index (χ1n) is 18.4. The Balaban J connectivity index is 1.27. The summed E-state index contributed by atoms with van der Waals surface area (Å²) in [6, 6.07) is 4.01. The number of benzene rings is 2. The molecule has 2 aromatic carbocycles. The summed E-state index contributed by atoms with van der Waals surface area (Å²) < 4.78 is 49.8. The van der Waals surface area contributed by atoms with Gasteiger partial charge in [0.25, 0.3) is 0 Å². The van der Waals surface area contributed by atoms with Crippen molar-refractivity contribution >= 4 is 67.2 Å². The first-order valence-corrected chi connectivity index (χ1v) is 19.6. The quantitative estimate of drug-likeness (QED) is 0.195. The maximum Gasteiger partial charge on any atom is 0.413 e. The van der Waals surface area contributed by atoms with Crippen molar-refractivity contribution in [3.05, 3.63) is 34.9 Å². The predicted molar refractivity (Wildman–Crippen MR) is 206 cm³/mol. The van der Waals surface area contributed by atoms with Gasteiger partial charge in [-0.1, -0.05) is 29.4 Å². The minimum atomic E-state index is -0.764. The third kappa shape index (κ3) is 7.99. The van der Waals surface area contributed by atoms with E-state index in [1.54, 1.807) is 31.7 Å². The van der Waals surface area contributed by atoms with Crippen LogP contribution in [0.2, 0.25) is 5.02 Å². The second-order valence-electron chi connectivity index (χ2n) is 16.3. The summed E-state index contributed by atoms with van der Waals surface area (Å²) in [4.78, 5) is 45.6. The zero-order valence-electron chi connectivity index (χ0n) is 31.6. The molecule has 4 aliphatic heterocycles. The molecular formula is C38H46ClF2N7O5S. The van der Waals surface area contributed by atoms with Crippen molar-refractivity contribution in [2.75, 3.05) is 42.9 Å². The number of hydrogen-bond donors (Lipinski definition) is 1. The molecule has 4 fully saturated rings. The number of piperazine rings is 1. The van der Waals surface area contributed by atoms with E-state index in [4.69, 9.17) is 30.8 Å². The van der Waals surface area contributed by atoms with Gasteiger partial charge < -0.3 is 19.1 Å². The molecule has 0 spiro atoms. The van der Waals surface area contributed by atoms with Crippen LogP contribution >= 0.6 is 22.9 Å². The molecule has 0 radical (unpaired) electrons. The summed E-state index contributed by atoms with van der Waals surface area (Å²) in [6.07, 6.45) is 2.87. The number of thiazole rings is 1. The number of nitrogens with one attached hydrogen (secondary N) is 1. The molecule has 2 aromatic heterocycles. The van der Waals surface area contributed by atoms with Crippen LogP contribution in [0.25, 0.3) is 32.2 Å². The van der Waals surface area contributed by atoms with Crippen molar-refractivity contribution in [1.82, 2.24) is 24.8 Å². The number of nitrogens with zero attached hydrogens (tertiary/aromatic N) is 6. The molecule has 290 valence electrons. The van der Waals surface area contributed by atoms with Crippen LogP contribution in [-0.2, 0) is 9.47 Å². The SMILES string of the molecule is CC(CN1CCCCC1)Oc1nc(N2CC3CC(C2)N3C(=O)OC(C)(C)C)c2cc(Cl)c(-c3ccc(F)c4sc(NC(=O)OC(C)(C)C)nc34)c(F)c2n1. The van der Waals surface area contributed by atoms with Crippen LogP contribution < -0.4 is 15.0 Å². The number of rotatable bonds is 7. The smallest absolute Gasteiger partial charge is 0.413 e. The minimum absolute atomic E-state index is 0.0131. The highest BCUT2D eigenvalue weighted by molar-refractivity contribution is 7.22. The van der Waals surface area contributed by atoms with E-state index in [1.807, 2.05) is 32.6 Å². The molecule has 3 atom stereocenters. The van der Waals surface area contributed by atoms with Gasteiger partial charge >= 0.3 is 18.2 Å². The lowest BCUT2D eigenvalue weighted by molar-refractivity contribution is -0.0380. The zero-order chi connectivity index (χ0) is 38.7. The second kappa shape index (κ2) is 14.5. The summed E-state index contributed by atoms with van der Waals surface area (Å²) in [5, 5.41) is 3.04. The number of piperidine rings is 2. The number of carbonyl (C=O) groups is 2. The molecular weight excluding hydrogens is 740 g/mol. The number of halogens is 3. The van der Waals surface area contributed by atoms with Crippen molar-refractivity contribution < 1.29 is 32.6 Å². The number of fused-ring (bicyclic) bond motifs is 4. The minimum Gasteiger partial charge on any atom is -0.459 e. The summed E-state index contributed by atoms with van der Waals surface area (Å²) in [5.74, 6) is -0.907. The van der Waals surface area contributed by atoms with Crippen molar-refractivity contribution in [1.29, 1.82) is 0 Å². The molecule has 0 aliphatic carbocycles. The highest BCUT2D eigenvalue weighted by Gasteiger charge is 2.49. The van der Waals surface area contributed by atoms with Gasteiger partial charge in [0.1, 0.15) is 34.5 Å². The van der Waals surface area contributed by atoms with Gasteiger partial charge in [-0.25, -0.2) is 23.4 Å². The standard InChI is InChI=1S/C38H46ClF2N7O5S/c1-20(17-46-13-9-8-10-14-46)51-33-42-29-24(32(44-33)47-18-21-15-22(19-47)48(21)36(50)53-38(5,6)7)16-25(39)27(28(29)41)23-11-12-26(40)31-30(23)43-34(54-31)45-35(49)52-37(2,3)4/h11-12,16,20-22H,8-10,13-15,17-19H2,1-7H3,(H,43,45,49). The lowest BCUT2D eigenvalue weighted by Gasteiger charge is -2.56. The third-order valence-electron chi connectivity index (χ3n) is 9.58. The van der Waals surface area contributed by atoms with Crippen molar-refractivity contribution in [3.63, 3.8) is 0 Å². The van der Waals surface area contributed by atoms with Crippen molar-refractivity contribution in [3.8, 4) is 17.1 Å². The molecule has 2 amide bonds. The van der Waals surface area contributed by atoms with Gasteiger partial charge in [-0.15, -0.1) is 0 Å². The van der Waals surface area contributed by atoms with Crippen LogP contribution in [0.4, 0.5) is 29.3 Å². The Hall–Kier alpha value is -4.08. The Labute approximate surface area is 322 Å². The van der Waals surface area contributed by atoms with E-state index in [2.05, 4.69) is 20.2 Å². The van der Waals surface area contributed by atoms with Crippen LogP contribution in [0.15, 0.2) is 18.2 Å². The third-order valence-corrected chi connectivity index (χ3v) is 10.9. The normalized spacial score (nSPS) is 19.8. The van der Waals surface area contributed by atoms with E-state index < -0.39 is 28.9 Å². The number of carbonyl (C=O) groups excluding carboxylic acids is 2. The van der Waals surface area contributed by atoms with E-state index in [0.717, 1.165) is 43.7 Å². The molecule has 1 N–H and O–H groups in total. The molecule has 54 heavy (non-hydrogen) atoms. The largest absolute Gasteiger partial charge is 0.459 e. The average molecular weight is 786 g/mol.